The maximum atomic E-state index is 12.3. The van der Waals surface area contributed by atoms with Crippen LogP contribution < -0.4 is 0 Å². The summed E-state index contributed by atoms with van der Waals surface area (Å²) in [4.78, 5) is 2.65. The van der Waals surface area contributed by atoms with Crippen molar-refractivity contribution in [2.45, 2.75) is 56.2 Å². The minimum atomic E-state index is -3.64. The molecule has 1 aromatic rings. The second-order valence-corrected chi connectivity index (χ2v) is 7.25. The van der Waals surface area contributed by atoms with Crippen LogP contribution in [0.5, 0.6) is 0 Å². The summed E-state index contributed by atoms with van der Waals surface area (Å²) in [7, 11) is -3.64. The maximum absolute atomic E-state index is 12.3. The van der Waals surface area contributed by atoms with E-state index in [-0.39, 0.29) is 17.0 Å². The Morgan fingerprint density at radius 2 is 2.00 bits per heavy atom. The molecule has 2 atom stereocenters. The van der Waals surface area contributed by atoms with Crippen LogP contribution in [-0.4, -0.2) is 32.0 Å². The molecule has 2 unspecified atom stereocenters. The highest BCUT2D eigenvalue weighted by Gasteiger charge is 2.34. The summed E-state index contributed by atoms with van der Waals surface area (Å²) in [6.45, 7) is 3.90. The van der Waals surface area contributed by atoms with Crippen LogP contribution in [-0.2, 0) is 20.8 Å². The van der Waals surface area contributed by atoms with Crippen molar-refractivity contribution in [3.05, 3.63) is 29.8 Å². The standard InChI is InChI=1S/C15H21NO3S/c1-2-15-14-5-3-4-10-16(14)11-12-6-8-13(9-7-12)20(17,18)19-15/h6-9,14-15H,2-5,10-11H2,1H3. The highest BCUT2D eigenvalue weighted by Crippen LogP contribution is 2.29. The highest BCUT2D eigenvalue weighted by atomic mass is 32.2. The van der Waals surface area contributed by atoms with Gasteiger partial charge in [-0.15, -0.1) is 0 Å². The van der Waals surface area contributed by atoms with Gasteiger partial charge in [-0.25, -0.2) is 0 Å². The fourth-order valence-corrected chi connectivity index (χ4v) is 4.42. The first-order chi connectivity index (χ1) is 9.60. The monoisotopic (exact) mass is 295 g/mol. The van der Waals surface area contributed by atoms with Gasteiger partial charge in [-0.3, -0.25) is 9.08 Å². The van der Waals surface area contributed by atoms with Crippen molar-refractivity contribution in [1.29, 1.82) is 0 Å². The van der Waals surface area contributed by atoms with E-state index in [1.54, 1.807) is 12.1 Å². The van der Waals surface area contributed by atoms with Crippen molar-refractivity contribution in [2.24, 2.45) is 0 Å². The number of piperidine rings is 1. The van der Waals surface area contributed by atoms with E-state index in [4.69, 9.17) is 4.18 Å². The van der Waals surface area contributed by atoms with Crippen molar-refractivity contribution >= 4 is 10.1 Å². The number of hydrogen-bond donors (Lipinski definition) is 0. The van der Waals surface area contributed by atoms with Gasteiger partial charge in [0.1, 0.15) is 0 Å². The minimum absolute atomic E-state index is 0.206. The van der Waals surface area contributed by atoms with E-state index in [9.17, 15) is 8.42 Å². The molecule has 0 spiro atoms. The van der Waals surface area contributed by atoms with Gasteiger partial charge >= 0.3 is 0 Å². The molecule has 3 aliphatic heterocycles. The lowest BCUT2D eigenvalue weighted by atomic mass is 9.95. The average Bonchev–Trinajstić information content (AvgIpc) is 2.46. The smallest absolute Gasteiger partial charge is 0.294 e. The molecule has 20 heavy (non-hydrogen) atoms. The van der Waals surface area contributed by atoms with Crippen LogP contribution in [0, 0.1) is 0 Å². The first-order valence-electron chi connectivity index (χ1n) is 7.36. The van der Waals surface area contributed by atoms with Crippen molar-refractivity contribution in [1.82, 2.24) is 4.90 Å². The van der Waals surface area contributed by atoms with Crippen LogP contribution in [0.15, 0.2) is 29.2 Å². The van der Waals surface area contributed by atoms with Gasteiger partial charge in [0.15, 0.2) is 0 Å². The second-order valence-electron chi connectivity index (χ2n) is 5.67. The third-order valence-corrected chi connectivity index (χ3v) is 5.69. The van der Waals surface area contributed by atoms with Gasteiger partial charge in [-0.1, -0.05) is 25.5 Å². The Morgan fingerprint density at radius 1 is 1.25 bits per heavy atom. The zero-order valence-corrected chi connectivity index (χ0v) is 12.6. The fourth-order valence-electron chi connectivity index (χ4n) is 3.25. The number of rotatable bonds is 1. The fraction of sp³-hybridized carbons (Fsp3) is 0.600. The van der Waals surface area contributed by atoms with Crippen molar-refractivity contribution < 1.29 is 12.6 Å². The number of fused-ring (bicyclic) bond motifs is 4. The normalized spacial score (nSPS) is 29.9. The molecular formula is C15H21NO3S. The second kappa shape index (κ2) is 5.47. The maximum Gasteiger partial charge on any atom is 0.297 e. The van der Waals surface area contributed by atoms with E-state index >= 15 is 0 Å². The molecule has 0 aliphatic carbocycles. The van der Waals surface area contributed by atoms with Crippen molar-refractivity contribution in [3.63, 3.8) is 0 Å². The number of benzene rings is 1. The summed E-state index contributed by atoms with van der Waals surface area (Å²) in [6, 6.07) is 7.31. The van der Waals surface area contributed by atoms with E-state index in [0.29, 0.717) is 0 Å². The molecule has 4 rings (SSSR count). The van der Waals surface area contributed by atoms with Crippen molar-refractivity contribution in [2.75, 3.05) is 6.54 Å². The lowest BCUT2D eigenvalue weighted by molar-refractivity contribution is 0.0368. The predicted molar refractivity (Wildman–Crippen MR) is 76.8 cm³/mol. The molecule has 3 aliphatic rings. The summed E-state index contributed by atoms with van der Waals surface area (Å²) in [5, 5.41) is 0. The number of hydrogen-bond acceptors (Lipinski definition) is 4. The molecule has 0 N–H and O–H groups in total. The van der Waals surface area contributed by atoms with Crippen LogP contribution in [0.4, 0.5) is 0 Å². The zero-order chi connectivity index (χ0) is 14.2. The molecule has 110 valence electrons. The quantitative estimate of drug-likeness (QED) is 0.747. The van der Waals surface area contributed by atoms with Crippen LogP contribution in [0.1, 0.15) is 38.2 Å². The summed E-state index contributed by atoms with van der Waals surface area (Å²) in [5.41, 5.74) is 1.17. The van der Waals surface area contributed by atoms with E-state index < -0.39 is 10.1 Å². The Morgan fingerprint density at radius 3 is 2.70 bits per heavy atom. The molecule has 2 bridgehead atoms. The van der Waals surface area contributed by atoms with E-state index in [1.807, 2.05) is 19.1 Å². The molecule has 1 saturated heterocycles. The van der Waals surface area contributed by atoms with Crippen LogP contribution in [0.25, 0.3) is 0 Å². The Bertz CT molecular complexity index is 567. The zero-order valence-electron chi connectivity index (χ0n) is 11.8. The van der Waals surface area contributed by atoms with Gasteiger partial charge in [0.25, 0.3) is 10.1 Å². The van der Waals surface area contributed by atoms with Gasteiger partial charge in [-0.05, 0) is 43.5 Å². The third-order valence-electron chi connectivity index (χ3n) is 4.34. The molecule has 0 amide bonds. The molecule has 0 saturated carbocycles. The lowest BCUT2D eigenvalue weighted by Crippen LogP contribution is -2.48. The predicted octanol–water partition coefficient (Wildman–Crippen LogP) is 2.54. The first kappa shape index (κ1) is 14.0. The SMILES string of the molecule is CCC1OS(=O)(=O)c2ccc(cc2)CN2CCCCC12. The van der Waals surface area contributed by atoms with Gasteiger partial charge in [-0.2, -0.15) is 8.42 Å². The molecular weight excluding hydrogens is 274 g/mol. The Hall–Kier alpha value is -0.910. The van der Waals surface area contributed by atoms with E-state index in [2.05, 4.69) is 4.90 Å². The molecule has 4 nitrogen and oxygen atoms in total. The highest BCUT2D eigenvalue weighted by molar-refractivity contribution is 7.86. The average molecular weight is 295 g/mol. The molecule has 0 aromatic heterocycles. The first-order valence-corrected chi connectivity index (χ1v) is 8.77. The topological polar surface area (TPSA) is 46.6 Å². The molecule has 5 heteroatoms. The summed E-state index contributed by atoms with van der Waals surface area (Å²) in [6.07, 6.45) is 3.83. The Kier molecular flexibility index (Phi) is 3.84. The Balaban J connectivity index is 2.03. The van der Waals surface area contributed by atoms with E-state index in [1.165, 1.54) is 12.0 Å². The molecule has 0 radical (unpaired) electrons. The van der Waals surface area contributed by atoms with Crippen LogP contribution in [0.3, 0.4) is 0 Å². The van der Waals surface area contributed by atoms with Crippen LogP contribution in [0.2, 0.25) is 0 Å². The largest absolute Gasteiger partial charge is 0.297 e. The minimum Gasteiger partial charge on any atom is -0.294 e. The van der Waals surface area contributed by atoms with Gasteiger partial charge in [0.05, 0.1) is 11.0 Å². The Labute approximate surface area is 120 Å². The van der Waals surface area contributed by atoms with Gasteiger partial charge in [0.2, 0.25) is 0 Å². The van der Waals surface area contributed by atoms with Gasteiger partial charge < -0.3 is 0 Å². The van der Waals surface area contributed by atoms with Gasteiger partial charge in [0, 0.05) is 12.6 Å². The van der Waals surface area contributed by atoms with Crippen LogP contribution >= 0.6 is 0 Å². The number of nitrogens with zero attached hydrogens (tertiary/aromatic N) is 1. The molecule has 3 heterocycles. The summed E-state index contributed by atoms with van der Waals surface area (Å²) < 4.78 is 30.2. The van der Waals surface area contributed by atoms with E-state index in [0.717, 1.165) is 32.4 Å². The molecule has 1 aromatic carbocycles. The molecule has 1 fully saturated rings. The summed E-state index contributed by atoms with van der Waals surface area (Å²) in [5.74, 6) is 0. The van der Waals surface area contributed by atoms with Crippen molar-refractivity contribution in [3.8, 4) is 0 Å². The summed E-state index contributed by atoms with van der Waals surface area (Å²) >= 11 is 0. The lowest BCUT2D eigenvalue weighted by Gasteiger charge is -2.40. The third kappa shape index (κ3) is 2.62.